The van der Waals surface area contributed by atoms with E-state index in [9.17, 15) is 0 Å². The van der Waals surface area contributed by atoms with Gasteiger partial charge in [0.25, 0.3) is 0 Å². The molecule has 2 unspecified atom stereocenters. The van der Waals surface area contributed by atoms with Gasteiger partial charge < -0.3 is 10.2 Å². The number of hydrogen-bond acceptors (Lipinski definition) is 2. The molecule has 0 amide bonds. The average molecular weight is 194 g/mol. The average Bonchev–Trinajstić information content (AvgIpc) is 2.90. The van der Waals surface area contributed by atoms with Crippen LogP contribution < -0.4 is 5.32 Å². The zero-order valence-corrected chi connectivity index (χ0v) is 9.04. The topological polar surface area (TPSA) is 15.3 Å². The second-order valence-corrected chi connectivity index (χ2v) is 5.46. The van der Waals surface area contributed by atoms with Gasteiger partial charge in [-0.3, -0.25) is 0 Å². The molecule has 2 aliphatic heterocycles. The first kappa shape index (κ1) is 9.17. The highest BCUT2D eigenvalue weighted by molar-refractivity contribution is 4.89. The van der Waals surface area contributed by atoms with Gasteiger partial charge in [0.05, 0.1) is 0 Å². The summed E-state index contributed by atoms with van der Waals surface area (Å²) < 4.78 is 0. The Kier molecular flexibility index (Phi) is 2.50. The normalized spacial score (nSPS) is 38.6. The molecule has 80 valence electrons. The molecule has 1 saturated carbocycles. The van der Waals surface area contributed by atoms with Crippen molar-refractivity contribution in [2.24, 2.45) is 5.92 Å². The molecule has 2 atom stereocenters. The van der Waals surface area contributed by atoms with E-state index in [1.165, 1.54) is 58.2 Å². The number of nitrogens with zero attached hydrogens (tertiary/aromatic N) is 1. The fraction of sp³-hybridized carbons (Fsp3) is 1.00. The van der Waals surface area contributed by atoms with Crippen LogP contribution >= 0.6 is 0 Å². The molecular weight excluding hydrogens is 172 g/mol. The van der Waals surface area contributed by atoms with E-state index in [1.807, 2.05) is 0 Å². The van der Waals surface area contributed by atoms with Gasteiger partial charge in [-0.25, -0.2) is 0 Å². The summed E-state index contributed by atoms with van der Waals surface area (Å²) in [6.45, 7) is 4.04. The van der Waals surface area contributed by atoms with Gasteiger partial charge >= 0.3 is 0 Å². The van der Waals surface area contributed by atoms with Crippen molar-refractivity contribution in [1.82, 2.24) is 10.2 Å². The molecule has 1 aliphatic carbocycles. The van der Waals surface area contributed by atoms with Crippen LogP contribution in [0.3, 0.4) is 0 Å². The van der Waals surface area contributed by atoms with Gasteiger partial charge in [-0.2, -0.15) is 0 Å². The lowest BCUT2D eigenvalue weighted by Gasteiger charge is -2.23. The van der Waals surface area contributed by atoms with Crippen molar-refractivity contribution < 1.29 is 0 Å². The van der Waals surface area contributed by atoms with Crippen molar-refractivity contribution in [3.05, 3.63) is 0 Å². The molecule has 0 aromatic heterocycles. The Labute approximate surface area is 87.0 Å². The maximum atomic E-state index is 3.74. The number of fused-ring (bicyclic) bond motifs is 2. The van der Waals surface area contributed by atoms with Gasteiger partial charge in [-0.05, 0) is 44.7 Å². The quantitative estimate of drug-likeness (QED) is 0.734. The van der Waals surface area contributed by atoms with Crippen LogP contribution in [0.15, 0.2) is 0 Å². The van der Waals surface area contributed by atoms with Crippen molar-refractivity contribution >= 4 is 0 Å². The molecule has 14 heavy (non-hydrogen) atoms. The highest BCUT2D eigenvalue weighted by Crippen LogP contribution is 2.32. The number of rotatable bonds is 3. The maximum Gasteiger partial charge on any atom is 0.0198 e. The lowest BCUT2D eigenvalue weighted by molar-refractivity contribution is 0.251. The van der Waals surface area contributed by atoms with Crippen LogP contribution in [0.4, 0.5) is 0 Å². The molecule has 1 N–H and O–H groups in total. The minimum Gasteiger partial charge on any atom is -0.310 e. The summed E-state index contributed by atoms with van der Waals surface area (Å²) in [6.07, 6.45) is 8.74. The van der Waals surface area contributed by atoms with Crippen LogP contribution in [-0.2, 0) is 0 Å². The summed E-state index contributed by atoms with van der Waals surface area (Å²) in [5.74, 6) is 1.10. The number of nitrogens with one attached hydrogen (secondary N) is 1. The van der Waals surface area contributed by atoms with Crippen molar-refractivity contribution in [3.63, 3.8) is 0 Å². The first-order valence-corrected chi connectivity index (χ1v) is 6.38. The van der Waals surface area contributed by atoms with Crippen molar-refractivity contribution in [2.45, 2.75) is 50.6 Å². The summed E-state index contributed by atoms with van der Waals surface area (Å²) in [5, 5.41) is 3.74. The second kappa shape index (κ2) is 3.82. The lowest BCUT2D eigenvalue weighted by atomic mass is 10.1. The molecule has 2 heteroatoms. The Morgan fingerprint density at radius 3 is 2.71 bits per heavy atom. The largest absolute Gasteiger partial charge is 0.310 e. The zero-order valence-electron chi connectivity index (χ0n) is 9.04. The van der Waals surface area contributed by atoms with Crippen LogP contribution in [0.1, 0.15) is 38.5 Å². The lowest BCUT2D eigenvalue weighted by Crippen LogP contribution is -2.35. The fourth-order valence-electron chi connectivity index (χ4n) is 2.99. The minimum atomic E-state index is 0.821. The van der Waals surface area contributed by atoms with Gasteiger partial charge in [0, 0.05) is 18.6 Å². The summed E-state index contributed by atoms with van der Waals surface area (Å²) >= 11 is 0. The summed E-state index contributed by atoms with van der Waals surface area (Å²) in [7, 11) is 0. The molecule has 0 aromatic rings. The molecule has 2 bridgehead atoms. The van der Waals surface area contributed by atoms with Crippen LogP contribution in [0.5, 0.6) is 0 Å². The zero-order chi connectivity index (χ0) is 9.38. The van der Waals surface area contributed by atoms with E-state index in [1.54, 1.807) is 0 Å². The Morgan fingerprint density at radius 2 is 1.86 bits per heavy atom. The van der Waals surface area contributed by atoms with Gasteiger partial charge in [0.2, 0.25) is 0 Å². The van der Waals surface area contributed by atoms with E-state index in [2.05, 4.69) is 10.2 Å². The Morgan fingerprint density at radius 1 is 1.00 bits per heavy atom. The second-order valence-electron chi connectivity index (χ2n) is 5.46. The Balaban J connectivity index is 1.48. The highest BCUT2D eigenvalue weighted by atomic mass is 15.2. The number of hydrogen-bond donors (Lipinski definition) is 1. The van der Waals surface area contributed by atoms with Crippen LogP contribution in [0, 0.1) is 5.92 Å². The molecule has 0 aromatic carbocycles. The van der Waals surface area contributed by atoms with Gasteiger partial charge in [0.1, 0.15) is 0 Å². The monoisotopic (exact) mass is 194 g/mol. The highest BCUT2D eigenvalue weighted by Gasteiger charge is 2.30. The maximum absolute atomic E-state index is 3.74. The smallest absolute Gasteiger partial charge is 0.0198 e. The molecule has 3 rings (SSSR count). The third-order valence-electron chi connectivity index (χ3n) is 4.16. The molecular formula is C12H22N2. The summed E-state index contributed by atoms with van der Waals surface area (Å²) in [4.78, 5) is 2.70. The van der Waals surface area contributed by atoms with Crippen molar-refractivity contribution in [1.29, 1.82) is 0 Å². The number of likely N-dealkylation sites (tertiary alicyclic amines) is 1. The SMILES string of the molecule is C1CC1CCN1CCC2CCC(C1)N2. The minimum absolute atomic E-state index is 0.821. The molecule has 3 aliphatic rings. The molecule has 2 nitrogen and oxygen atoms in total. The summed E-state index contributed by atoms with van der Waals surface area (Å²) in [6, 6.07) is 1.67. The van der Waals surface area contributed by atoms with E-state index in [-0.39, 0.29) is 0 Å². The Bertz CT molecular complexity index is 200. The van der Waals surface area contributed by atoms with E-state index in [4.69, 9.17) is 0 Å². The third kappa shape index (κ3) is 2.12. The standard InChI is InChI=1S/C12H22N2/c1-2-10(1)5-7-14-8-6-11-3-4-12(9-14)13-11/h10-13H,1-9H2. The van der Waals surface area contributed by atoms with E-state index in [0.29, 0.717) is 0 Å². The van der Waals surface area contributed by atoms with Crippen LogP contribution in [-0.4, -0.2) is 36.6 Å². The van der Waals surface area contributed by atoms with Crippen LogP contribution in [0.25, 0.3) is 0 Å². The van der Waals surface area contributed by atoms with Crippen molar-refractivity contribution in [2.75, 3.05) is 19.6 Å². The Hall–Kier alpha value is -0.0800. The molecule has 3 fully saturated rings. The van der Waals surface area contributed by atoms with Gasteiger partial charge in [-0.1, -0.05) is 12.8 Å². The summed E-state index contributed by atoms with van der Waals surface area (Å²) in [5.41, 5.74) is 0. The predicted octanol–water partition coefficient (Wildman–Crippen LogP) is 1.61. The van der Waals surface area contributed by atoms with Crippen LogP contribution in [0.2, 0.25) is 0 Å². The molecule has 2 heterocycles. The first-order valence-electron chi connectivity index (χ1n) is 6.38. The van der Waals surface area contributed by atoms with E-state index in [0.717, 1.165) is 18.0 Å². The van der Waals surface area contributed by atoms with Gasteiger partial charge in [-0.15, -0.1) is 0 Å². The van der Waals surface area contributed by atoms with E-state index < -0.39 is 0 Å². The predicted molar refractivity (Wildman–Crippen MR) is 58.3 cm³/mol. The molecule has 0 spiro atoms. The fourth-order valence-corrected chi connectivity index (χ4v) is 2.99. The van der Waals surface area contributed by atoms with E-state index >= 15 is 0 Å². The molecule has 0 radical (unpaired) electrons. The third-order valence-corrected chi connectivity index (χ3v) is 4.16. The molecule has 2 saturated heterocycles. The first-order chi connectivity index (χ1) is 6.90. The van der Waals surface area contributed by atoms with Gasteiger partial charge in [0.15, 0.2) is 0 Å². The van der Waals surface area contributed by atoms with Crippen molar-refractivity contribution in [3.8, 4) is 0 Å².